The minimum Gasteiger partial charge on any atom is -0.542 e. The molecule has 0 radical (unpaired) electrons. The van der Waals surface area contributed by atoms with E-state index in [1.807, 2.05) is 0 Å². The highest BCUT2D eigenvalue weighted by Crippen LogP contribution is 2.28. The Morgan fingerprint density at radius 2 is 1.83 bits per heavy atom. The molecule has 0 bridgehead atoms. The van der Waals surface area contributed by atoms with E-state index in [1.54, 1.807) is 0 Å². The lowest BCUT2D eigenvalue weighted by Gasteiger charge is -2.20. The van der Waals surface area contributed by atoms with Crippen LogP contribution in [0.25, 0.3) is 0 Å². The average Bonchev–Trinajstić information content (AvgIpc) is 3.09. The Morgan fingerprint density at radius 3 is 2.39 bits per heavy atom. The molecule has 0 heterocycles. The van der Waals surface area contributed by atoms with Crippen LogP contribution in [0.2, 0.25) is 19.6 Å². The van der Waals surface area contributed by atoms with Crippen molar-refractivity contribution in [2.45, 2.75) is 45.3 Å². The zero-order chi connectivity index (χ0) is 13.0. The second-order valence-electron chi connectivity index (χ2n) is 5.85. The summed E-state index contributed by atoms with van der Waals surface area (Å²) in [6, 6.07) is 10.6. The zero-order valence-corrected chi connectivity index (χ0v) is 12.6. The van der Waals surface area contributed by atoms with Gasteiger partial charge in [0, 0.05) is 6.42 Å². The number of hydrogen-bond donors (Lipinski definition) is 0. The molecule has 1 aliphatic carbocycles. The van der Waals surface area contributed by atoms with Crippen molar-refractivity contribution in [2.75, 3.05) is 0 Å². The maximum Gasteiger partial charge on any atom is 0.242 e. The Bertz CT molecular complexity index is 456. The standard InChI is InChI=1S/C16H22OSi/c1-18(2,3)17-16(13-15-9-10-15)12-11-14-7-5-4-6-8-14/h4-8H,9-12H2,1-3H3. The molecule has 2 heteroatoms. The van der Waals surface area contributed by atoms with Crippen molar-refractivity contribution in [3.63, 3.8) is 0 Å². The number of rotatable bonds is 5. The first kappa shape index (κ1) is 13.2. The molecule has 0 spiro atoms. The lowest BCUT2D eigenvalue weighted by atomic mass is 10.1. The van der Waals surface area contributed by atoms with Crippen molar-refractivity contribution in [3.05, 3.63) is 53.0 Å². The van der Waals surface area contributed by atoms with Crippen LogP contribution in [0.1, 0.15) is 24.8 Å². The molecule has 1 fully saturated rings. The third kappa shape index (κ3) is 4.95. The maximum absolute atomic E-state index is 6.13. The molecule has 2 rings (SSSR count). The Labute approximate surface area is 111 Å². The van der Waals surface area contributed by atoms with Gasteiger partial charge in [-0.1, -0.05) is 36.1 Å². The van der Waals surface area contributed by atoms with Gasteiger partial charge in [0.25, 0.3) is 0 Å². The molecule has 1 saturated carbocycles. The second kappa shape index (κ2) is 5.60. The van der Waals surface area contributed by atoms with Crippen LogP contribution in [-0.4, -0.2) is 8.32 Å². The number of allylic oxidation sites excluding steroid dienone is 1. The summed E-state index contributed by atoms with van der Waals surface area (Å²) in [5.41, 5.74) is 6.26. The first-order valence-corrected chi connectivity index (χ1v) is 10.1. The molecule has 0 saturated heterocycles. The molecule has 0 amide bonds. The summed E-state index contributed by atoms with van der Waals surface area (Å²) in [5.74, 6) is 1.07. The molecule has 0 aliphatic heterocycles. The normalized spacial score (nSPS) is 14.1. The molecule has 0 atom stereocenters. The van der Waals surface area contributed by atoms with E-state index in [0.29, 0.717) is 0 Å². The van der Waals surface area contributed by atoms with Gasteiger partial charge in [-0.25, -0.2) is 0 Å². The Morgan fingerprint density at radius 1 is 1.17 bits per heavy atom. The van der Waals surface area contributed by atoms with Crippen molar-refractivity contribution in [2.24, 2.45) is 0 Å². The molecule has 1 aromatic carbocycles. The summed E-state index contributed by atoms with van der Waals surface area (Å²) in [6.45, 7) is 6.69. The third-order valence-corrected chi connectivity index (χ3v) is 3.59. The van der Waals surface area contributed by atoms with E-state index >= 15 is 0 Å². The largest absolute Gasteiger partial charge is 0.542 e. The SMILES string of the molecule is C[Si](C)(C)OC(=C=C1CC1)CCc1ccccc1. The van der Waals surface area contributed by atoms with Gasteiger partial charge < -0.3 is 4.43 Å². The highest BCUT2D eigenvalue weighted by atomic mass is 28.4. The molecule has 96 valence electrons. The molecule has 1 aromatic rings. The zero-order valence-electron chi connectivity index (χ0n) is 11.6. The molecule has 1 aliphatic rings. The quantitative estimate of drug-likeness (QED) is 0.423. The molecule has 0 aromatic heterocycles. The molecule has 1 nitrogen and oxygen atoms in total. The van der Waals surface area contributed by atoms with Crippen LogP contribution in [0, 0.1) is 0 Å². The minimum absolute atomic E-state index is 0.970. The third-order valence-electron chi connectivity index (χ3n) is 2.73. The monoisotopic (exact) mass is 258 g/mol. The Hall–Kier alpha value is -1.24. The summed E-state index contributed by atoms with van der Waals surface area (Å²) in [4.78, 5) is 0. The van der Waals surface area contributed by atoms with Crippen molar-refractivity contribution < 1.29 is 4.43 Å². The number of hydrogen-bond acceptors (Lipinski definition) is 1. The van der Waals surface area contributed by atoms with Gasteiger partial charge in [0.2, 0.25) is 8.32 Å². The van der Waals surface area contributed by atoms with Crippen LogP contribution in [0.4, 0.5) is 0 Å². The van der Waals surface area contributed by atoms with E-state index < -0.39 is 8.32 Å². The topological polar surface area (TPSA) is 9.23 Å². The molecule has 18 heavy (non-hydrogen) atoms. The predicted octanol–water partition coefficient (Wildman–Crippen LogP) is 4.67. The first-order chi connectivity index (χ1) is 8.53. The van der Waals surface area contributed by atoms with E-state index in [0.717, 1.165) is 18.6 Å². The maximum atomic E-state index is 6.13. The van der Waals surface area contributed by atoms with Crippen LogP contribution < -0.4 is 0 Å². The van der Waals surface area contributed by atoms with Gasteiger partial charge >= 0.3 is 0 Å². The van der Waals surface area contributed by atoms with Gasteiger partial charge in [0.1, 0.15) is 5.76 Å². The second-order valence-corrected chi connectivity index (χ2v) is 10.3. The average molecular weight is 258 g/mol. The fourth-order valence-electron chi connectivity index (χ4n) is 1.80. The predicted molar refractivity (Wildman–Crippen MR) is 79.0 cm³/mol. The van der Waals surface area contributed by atoms with Crippen LogP contribution in [-0.2, 0) is 10.8 Å². The highest BCUT2D eigenvalue weighted by Gasteiger charge is 2.19. The summed E-state index contributed by atoms with van der Waals surface area (Å²) in [6.07, 6.45) is 4.44. The lowest BCUT2D eigenvalue weighted by molar-refractivity contribution is 0.401. The number of aryl methyl sites for hydroxylation is 1. The van der Waals surface area contributed by atoms with Gasteiger partial charge in [-0.05, 0) is 50.0 Å². The van der Waals surface area contributed by atoms with E-state index in [9.17, 15) is 0 Å². The summed E-state index contributed by atoms with van der Waals surface area (Å²) >= 11 is 0. The summed E-state index contributed by atoms with van der Waals surface area (Å²) in [7, 11) is -1.51. The fourth-order valence-corrected chi connectivity index (χ4v) is 2.69. The highest BCUT2D eigenvalue weighted by molar-refractivity contribution is 6.70. The van der Waals surface area contributed by atoms with E-state index in [1.165, 1.54) is 24.0 Å². The van der Waals surface area contributed by atoms with Crippen LogP contribution in [0.3, 0.4) is 0 Å². The van der Waals surface area contributed by atoms with E-state index in [4.69, 9.17) is 4.43 Å². The van der Waals surface area contributed by atoms with Gasteiger partial charge in [-0.2, -0.15) is 0 Å². The molecule has 0 N–H and O–H groups in total. The van der Waals surface area contributed by atoms with Gasteiger partial charge in [0.05, 0.1) is 0 Å². The van der Waals surface area contributed by atoms with E-state index in [-0.39, 0.29) is 0 Å². The summed E-state index contributed by atoms with van der Waals surface area (Å²) in [5, 5.41) is 0. The Kier molecular flexibility index (Phi) is 4.10. The van der Waals surface area contributed by atoms with Crippen LogP contribution in [0.5, 0.6) is 0 Å². The smallest absolute Gasteiger partial charge is 0.242 e. The van der Waals surface area contributed by atoms with E-state index in [2.05, 4.69) is 55.7 Å². The van der Waals surface area contributed by atoms with Crippen molar-refractivity contribution in [1.29, 1.82) is 0 Å². The molecular formula is C16H22OSi. The summed E-state index contributed by atoms with van der Waals surface area (Å²) < 4.78 is 6.13. The first-order valence-electron chi connectivity index (χ1n) is 6.73. The molecular weight excluding hydrogens is 236 g/mol. The lowest BCUT2D eigenvalue weighted by Crippen LogP contribution is -2.24. The van der Waals surface area contributed by atoms with Crippen molar-refractivity contribution >= 4 is 8.32 Å². The van der Waals surface area contributed by atoms with Crippen LogP contribution in [0.15, 0.2) is 47.4 Å². The number of benzene rings is 1. The Balaban J connectivity index is 2.01. The fraction of sp³-hybridized carbons (Fsp3) is 0.438. The minimum atomic E-state index is -1.51. The molecule has 0 unspecified atom stereocenters. The van der Waals surface area contributed by atoms with Crippen molar-refractivity contribution in [3.8, 4) is 0 Å². The van der Waals surface area contributed by atoms with Crippen molar-refractivity contribution in [1.82, 2.24) is 0 Å². The van der Waals surface area contributed by atoms with Gasteiger partial charge in [-0.15, -0.1) is 0 Å². The van der Waals surface area contributed by atoms with Gasteiger partial charge in [-0.3, -0.25) is 0 Å². The van der Waals surface area contributed by atoms with Crippen LogP contribution >= 0.6 is 0 Å². The van der Waals surface area contributed by atoms with Gasteiger partial charge in [0.15, 0.2) is 0 Å².